The summed E-state index contributed by atoms with van der Waals surface area (Å²) in [5, 5.41) is 8.88. The lowest BCUT2D eigenvalue weighted by Crippen LogP contribution is -2.37. The number of aromatic carboxylic acids is 1. The van der Waals surface area contributed by atoms with Crippen molar-refractivity contribution in [3.63, 3.8) is 0 Å². The average Bonchev–Trinajstić information content (AvgIpc) is 3.00. The monoisotopic (exact) mass is 296 g/mol. The first-order valence-corrected chi connectivity index (χ1v) is 7.98. The third-order valence-electron chi connectivity index (χ3n) is 4.20. The van der Waals surface area contributed by atoms with Gasteiger partial charge in [-0.1, -0.05) is 0 Å². The Morgan fingerprint density at radius 1 is 1.35 bits per heavy atom. The molecular weight excluding hydrogens is 280 g/mol. The molecule has 7 heteroatoms. The summed E-state index contributed by atoms with van der Waals surface area (Å²) in [6.07, 6.45) is 2.91. The highest BCUT2D eigenvalue weighted by molar-refractivity contribution is 7.89. The van der Waals surface area contributed by atoms with Crippen LogP contribution in [0.2, 0.25) is 0 Å². The van der Waals surface area contributed by atoms with Crippen LogP contribution in [-0.2, 0) is 10.0 Å². The normalized spacial score (nSPS) is 26.0. The van der Waals surface area contributed by atoms with E-state index in [4.69, 9.17) is 10.8 Å². The van der Waals surface area contributed by atoms with Crippen LogP contribution in [0.5, 0.6) is 0 Å². The van der Waals surface area contributed by atoms with Crippen LogP contribution in [-0.4, -0.2) is 36.4 Å². The van der Waals surface area contributed by atoms with E-state index in [2.05, 4.69) is 0 Å². The fourth-order valence-electron chi connectivity index (χ4n) is 3.22. The molecule has 20 heavy (non-hydrogen) atoms. The van der Waals surface area contributed by atoms with Crippen LogP contribution in [0.4, 0.5) is 5.69 Å². The van der Waals surface area contributed by atoms with Crippen LogP contribution in [0, 0.1) is 5.92 Å². The van der Waals surface area contributed by atoms with E-state index in [-0.39, 0.29) is 22.2 Å². The molecule has 6 nitrogen and oxygen atoms in total. The van der Waals surface area contributed by atoms with Crippen LogP contribution in [0.1, 0.15) is 29.6 Å². The zero-order chi connectivity index (χ0) is 14.5. The largest absolute Gasteiger partial charge is 0.478 e. The Morgan fingerprint density at radius 3 is 2.60 bits per heavy atom. The van der Waals surface area contributed by atoms with Gasteiger partial charge in [-0.25, -0.2) is 13.2 Å². The maximum atomic E-state index is 12.6. The van der Waals surface area contributed by atoms with Crippen molar-refractivity contribution in [3.8, 4) is 0 Å². The van der Waals surface area contributed by atoms with Gasteiger partial charge in [-0.05, 0) is 43.4 Å². The minimum Gasteiger partial charge on any atom is -0.478 e. The topological polar surface area (TPSA) is 101 Å². The second-order valence-corrected chi connectivity index (χ2v) is 7.32. The third kappa shape index (κ3) is 1.97. The van der Waals surface area contributed by atoms with Gasteiger partial charge in [-0.15, -0.1) is 0 Å². The van der Waals surface area contributed by atoms with Gasteiger partial charge in [0.05, 0.1) is 11.3 Å². The Bertz CT molecular complexity index is 671. The number of carboxylic acids is 1. The van der Waals surface area contributed by atoms with Crippen LogP contribution in [0.3, 0.4) is 0 Å². The Kier molecular flexibility index (Phi) is 2.98. The number of nitrogen functional groups attached to an aromatic ring is 1. The maximum absolute atomic E-state index is 12.6. The number of hydrogen-bond acceptors (Lipinski definition) is 4. The minimum atomic E-state index is -3.63. The first-order chi connectivity index (χ1) is 9.39. The molecule has 0 radical (unpaired) electrons. The summed E-state index contributed by atoms with van der Waals surface area (Å²) in [5.74, 6) is -0.671. The lowest BCUT2D eigenvalue weighted by molar-refractivity contribution is 0.0697. The predicted octanol–water partition coefficient (Wildman–Crippen LogP) is 1.14. The predicted molar refractivity (Wildman–Crippen MR) is 72.8 cm³/mol. The molecule has 2 bridgehead atoms. The van der Waals surface area contributed by atoms with Gasteiger partial charge < -0.3 is 10.8 Å². The Morgan fingerprint density at radius 2 is 2.10 bits per heavy atom. The zero-order valence-electron chi connectivity index (χ0n) is 10.8. The molecule has 1 aromatic carbocycles. The van der Waals surface area contributed by atoms with E-state index in [9.17, 15) is 13.2 Å². The average molecular weight is 296 g/mol. The van der Waals surface area contributed by atoms with Crippen LogP contribution >= 0.6 is 0 Å². The highest BCUT2D eigenvalue weighted by Crippen LogP contribution is 2.41. The first-order valence-electron chi connectivity index (χ1n) is 6.54. The van der Waals surface area contributed by atoms with E-state index in [0.717, 1.165) is 19.3 Å². The molecular formula is C13H16N2O4S. The van der Waals surface area contributed by atoms with E-state index < -0.39 is 16.0 Å². The fourth-order valence-corrected chi connectivity index (χ4v) is 5.06. The van der Waals surface area contributed by atoms with Gasteiger partial charge in [0.1, 0.15) is 4.90 Å². The zero-order valence-corrected chi connectivity index (χ0v) is 11.6. The van der Waals surface area contributed by atoms with Crippen molar-refractivity contribution < 1.29 is 18.3 Å². The number of sulfonamides is 1. The molecule has 2 fully saturated rings. The summed E-state index contributed by atoms with van der Waals surface area (Å²) in [5.41, 5.74) is 5.73. The van der Waals surface area contributed by atoms with Gasteiger partial charge in [0, 0.05) is 12.6 Å². The Labute approximate surface area is 117 Å². The van der Waals surface area contributed by atoms with E-state index in [1.807, 2.05) is 0 Å². The van der Waals surface area contributed by atoms with Crippen molar-refractivity contribution in [1.29, 1.82) is 0 Å². The van der Waals surface area contributed by atoms with Crippen molar-refractivity contribution in [3.05, 3.63) is 23.8 Å². The lowest BCUT2D eigenvalue weighted by atomic mass is 10.1. The van der Waals surface area contributed by atoms with Gasteiger partial charge in [0.2, 0.25) is 10.0 Å². The molecule has 2 aliphatic rings. The van der Waals surface area contributed by atoms with Crippen molar-refractivity contribution in [2.45, 2.75) is 30.2 Å². The summed E-state index contributed by atoms with van der Waals surface area (Å²) in [7, 11) is -3.63. The lowest BCUT2D eigenvalue weighted by Gasteiger charge is -2.26. The van der Waals surface area contributed by atoms with Crippen LogP contribution < -0.4 is 5.73 Å². The van der Waals surface area contributed by atoms with Gasteiger partial charge in [0.15, 0.2) is 0 Å². The molecule has 1 aliphatic carbocycles. The van der Waals surface area contributed by atoms with E-state index >= 15 is 0 Å². The van der Waals surface area contributed by atoms with E-state index in [0.29, 0.717) is 12.5 Å². The molecule has 3 N–H and O–H groups in total. The first kappa shape index (κ1) is 13.4. The second kappa shape index (κ2) is 4.46. The summed E-state index contributed by atoms with van der Waals surface area (Å²) >= 11 is 0. The molecule has 108 valence electrons. The van der Waals surface area contributed by atoms with Crippen LogP contribution in [0.25, 0.3) is 0 Å². The molecule has 0 spiro atoms. The quantitative estimate of drug-likeness (QED) is 0.815. The number of fused-ring (bicyclic) bond motifs is 2. The number of anilines is 1. The van der Waals surface area contributed by atoms with Crippen molar-refractivity contribution >= 4 is 21.7 Å². The van der Waals surface area contributed by atoms with Gasteiger partial charge in [0.25, 0.3) is 0 Å². The molecule has 1 saturated carbocycles. The molecule has 1 saturated heterocycles. The molecule has 3 rings (SSSR count). The van der Waals surface area contributed by atoms with Crippen molar-refractivity contribution in [2.24, 2.45) is 5.92 Å². The van der Waals surface area contributed by atoms with Crippen molar-refractivity contribution in [2.75, 3.05) is 12.3 Å². The Balaban J connectivity index is 1.98. The number of hydrogen-bond donors (Lipinski definition) is 2. The molecule has 2 atom stereocenters. The third-order valence-corrected chi connectivity index (χ3v) is 6.19. The SMILES string of the molecule is Nc1cc(C(=O)O)ccc1S(=O)(=O)N1CC2CCC1C2. The highest BCUT2D eigenvalue weighted by atomic mass is 32.2. The number of carbonyl (C=O) groups is 1. The number of carboxylic acid groups (broad SMARTS) is 1. The number of nitrogens with two attached hydrogens (primary N) is 1. The smallest absolute Gasteiger partial charge is 0.335 e. The molecule has 1 aromatic rings. The fraction of sp³-hybridized carbons (Fsp3) is 0.462. The van der Waals surface area contributed by atoms with Gasteiger partial charge in [-0.3, -0.25) is 0 Å². The standard InChI is InChI=1S/C13H16N2O4S/c14-11-6-9(13(16)17)2-4-12(11)20(18,19)15-7-8-1-3-10(15)5-8/h2,4,6,8,10H,1,3,5,7,14H2,(H,16,17). The summed E-state index contributed by atoms with van der Waals surface area (Å²) in [4.78, 5) is 10.9. The Hall–Kier alpha value is -1.60. The van der Waals surface area contributed by atoms with Crippen LogP contribution in [0.15, 0.2) is 23.1 Å². The number of benzene rings is 1. The molecule has 1 aliphatic heterocycles. The van der Waals surface area contributed by atoms with Crippen molar-refractivity contribution in [1.82, 2.24) is 4.31 Å². The van der Waals surface area contributed by atoms with Gasteiger partial charge in [-0.2, -0.15) is 4.31 Å². The number of nitrogens with zero attached hydrogens (tertiary/aromatic N) is 1. The molecule has 0 amide bonds. The summed E-state index contributed by atoms with van der Waals surface area (Å²) < 4.78 is 26.8. The van der Waals surface area contributed by atoms with E-state index in [1.54, 1.807) is 0 Å². The second-order valence-electron chi connectivity index (χ2n) is 5.47. The summed E-state index contributed by atoms with van der Waals surface area (Å²) in [6, 6.07) is 3.84. The molecule has 2 unspecified atom stereocenters. The summed E-state index contributed by atoms with van der Waals surface area (Å²) in [6.45, 7) is 0.549. The van der Waals surface area contributed by atoms with E-state index in [1.165, 1.54) is 22.5 Å². The minimum absolute atomic E-state index is 0.00678. The highest BCUT2D eigenvalue weighted by Gasteiger charge is 2.44. The number of rotatable bonds is 3. The molecule has 0 aromatic heterocycles. The maximum Gasteiger partial charge on any atom is 0.335 e. The molecule has 1 heterocycles. The number of piperidine rings is 1. The van der Waals surface area contributed by atoms with Gasteiger partial charge >= 0.3 is 5.97 Å².